The van der Waals surface area contributed by atoms with E-state index >= 15 is 0 Å². The zero-order chi connectivity index (χ0) is 14.2. The van der Waals surface area contributed by atoms with Crippen LogP contribution in [0.1, 0.15) is 27.0 Å². The SMILES string of the molecule is Cc1cc(C(=O)c2ccc(F)cc2F)c(C)cc1Cl. The van der Waals surface area contributed by atoms with Crippen molar-refractivity contribution in [3.05, 3.63) is 69.2 Å². The Bertz CT molecular complexity index is 665. The molecule has 0 saturated carbocycles. The van der Waals surface area contributed by atoms with E-state index in [0.29, 0.717) is 22.2 Å². The maximum atomic E-state index is 13.6. The molecule has 0 aliphatic rings. The minimum atomic E-state index is -0.864. The maximum absolute atomic E-state index is 13.6. The quantitative estimate of drug-likeness (QED) is 0.742. The summed E-state index contributed by atoms with van der Waals surface area (Å²) in [5.41, 5.74) is 1.61. The standard InChI is InChI=1S/C15H11ClF2O/c1-8-6-13(16)9(2)5-12(8)15(19)11-4-3-10(17)7-14(11)18/h3-7H,1-2H3. The van der Waals surface area contributed by atoms with E-state index in [1.165, 1.54) is 0 Å². The number of carbonyl (C=O) groups excluding carboxylic acids is 1. The molecule has 2 aromatic carbocycles. The molecule has 0 atom stereocenters. The molecular weight excluding hydrogens is 270 g/mol. The van der Waals surface area contributed by atoms with Gasteiger partial charge < -0.3 is 0 Å². The summed E-state index contributed by atoms with van der Waals surface area (Å²) < 4.78 is 26.5. The number of halogens is 3. The smallest absolute Gasteiger partial charge is 0.196 e. The van der Waals surface area contributed by atoms with Crippen molar-refractivity contribution in [1.29, 1.82) is 0 Å². The van der Waals surface area contributed by atoms with Crippen molar-refractivity contribution >= 4 is 17.4 Å². The molecule has 1 nitrogen and oxygen atoms in total. The second-order valence-electron chi connectivity index (χ2n) is 4.37. The molecule has 0 amide bonds. The Morgan fingerprint density at radius 1 is 1.00 bits per heavy atom. The van der Waals surface area contributed by atoms with Crippen LogP contribution in [0.2, 0.25) is 5.02 Å². The molecule has 0 unspecified atom stereocenters. The maximum Gasteiger partial charge on any atom is 0.196 e. The van der Waals surface area contributed by atoms with E-state index in [0.717, 1.165) is 17.7 Å². The fourth-order valence-corrected chi connectivity index (χ4v) is 2.06. The van der Waals surface area contributed by atoms with Crippen molar-refractivity contribution in [3.8, 4) is 0 Å². The number of rotatable bonds is 2. The Morgan fingerprint density at radius 2 is 1.68 bits per heavy atom. The van der Waals surface area contributed by atoms with Crippen LogP contribution in [0.25, 0.3) is 0 Å². The molecule has 0 aromatic heterocycles. The van der Waals surface area contributed by atoms with Crippen LogP contribution in [-0.2, 0) is 0 Å². The molecule has 0 aliphatic heterocycles. The summed E-state index contributed by atoms with van der Waals surface area (Å²) >= 11 is 5.95. The van der Waals surface area contributed by atoms with Crippen LogP contribution in [0.5, 0.6) is 0 Å². The van der Waals surface area contributed by atoms with Crippen LogP contribution in [0.4, 0.5) is 8.78 Å². The van der Waals surface area contributed by atoms with Gasteiger partial charge in [0.2, 0.25) is 0 Å². The number of benzene rings is 2. The Hall–Kier alpha value is -1.74. The highest BCUT2D eigenvalue weighted by molar-refractivity contribution is 6.31. The molecule has 0 fully saturated rings. The minimum absolute atomic E-state index is 0.147. The monoisotopic (exact) mass is 280 g/mol. The Balaban J connectivity index is 2.53. The number of hydrogen-bond acceptors (Lipinski definition) is 1. The lowest BCUT2D eigenvalue weighted by Gasteiger charge is -2.08. The lowest BCUT2D eigenvalue weighted by Crippen LogP contribution is -2.07. The molecule has 0 aliphatic carbocycles. The van der Waals surface area contributed by atoms with E-state index in [1.807, 2.05) is 0 Å². The molecule has 0 saturated heterocycles. The fourth-order valence-electron chi connectivity index (χ4n) is 1.84. The first-order valence-electron chi connectivity index (χ1n) is 5.66. The van der Waals surface area contributed by atoms with E-state index in [2.05, 4.69) is 0 Å². The first-order valence-corrected chi connectivity index (χ1v) is 6.04. The van der Waals surface area contributed by atoms with Gasteiger partial charge in [0, 0.05) is 16.7 Å². The van der Waals surface area contributed by atoms with E-state index in [1.54, 1.807) is 26.0 Å². The summed E-state index contributed by atoms with van der Waals surface area (Å²) in [6.45, 7) is 3.49. The van der Waals surface area contributed by atoms with E-state index in [-0.39, 0.29) is 5.56 Å². The van der Waals surface area contributed by atoms with Crippen molar-refractivity contribution < 1.29 is 13.6 Å². The third-order valence-corrected chi connectivity index (χ3v) is 3.33. The zero-order valence-corrected chi connectivity index (χ0v) is 11.2. The lowest BCUT2D eigenvalue weighted by molar-refractivity contribution is 0.103. The minimum Gasteiger partial charge on any atom is -0.288 e. The summed E-state index contributed by atoms with van der Waals surface area (Å²) in [6.07, 6.45) is 0. The van der Waals surface area contributed by atoms with Gasteiger partial charge in [-0.2, -0.15) is 0 Å². The molecule has 2 aromatic rings. The van der Waals surface area contributed by atoms with Crippen molar-refractivity contribution in [1.82, 2.24) is 0 Å². The Morgan fingerprint density at radius 3 is 2.32 bits per heavy atom. The van der Waals surface area contributed by atoms with Gasteiger partial charge in [0.05, 0.1) is 5.56 Å². The van der Waals surface area contributed by atoms with Crippen LogP contribution in [0.3, 0.4) is 0 Å². The third kappa shape index (κ3) is 2.66. The van der Waals surface area contributed by atoms with Crippen molar-refractivity contribution in [2.75, 3.05) is 0 Å². The summed E-state index contributed by atoms with van der Waals surface area (Å²) in [4.78, 5) is 12.3. The summed E-state index contributed by atoms with van der Waals surface area (Å²) in [5.74, 6) is -2.05. The van der Waals surface area contributed by atoms with Gasteiger partial charge in [-0.25, -0.2) is 8.78 Å². The predicted molar refractivity (Wildman–Crippen MR) is 70.7 cm³/mol. The van der Waals surface area contributed by atoms with Crippen molar-refractivity contribution in [3.63, 3.8) is 0 Å². The fraction of sp³-hybridized carbons (Fsp3) is 0.133. The van der Waals surface area contributed by atoms with Gasteiger partial charge in [-0.15, -0.1) is 0 Å². The second-order valence-corrected chi connectivity index (χ2v) is 4.78. The van der Waals surface area contributed by atoms with Crippen molar-refractivity contribution in [2.24, 2.45) is 0 Å². The molecule has 19 heavy (non-hydrogen) atoms. The highest BCUT2D eigenvalue weighted by Crippen LogP contribution is 2.23. The number of hydrogen-bond donors (Lipinski definition) is 0. The summed E-state index contributed by atoms with van der Waals surface area (Å²) in [5, 5.41) is 0.550. The van der Waals surface area contributed by atoms with Crippen LogP contribution in [0.15, 0.2) is 30.3 Å². The molecule has 0 heterocycles. The predicted octanol–water partition coefficient (Wildman–Crippen LogP) is 4.47. The zero-order valence-electron chi connectivity index (χ0n) is 10.4. The van der Waals surface area contributed by atoms with Gasteiger partial charge in [-0.3, -0.25) is 4.79 Å². The molecule has 0 bridgehead atoms. The third-order valence-electron chi connectivity index (χ3n) is 2.93. The summed E-state index contributed by atoms with van der Waals surface area (Å²) in [6, 6.07) is 6.19. The topological polar surface area (TPSA) is 17.1 Å². The normalized spacial score (nSPS) is 10.6. The Kier molecular flexibility index (Phi) is 3.67. The van der Waals surface area contributed by atoms with Gasteiger partial charge >= 0.3 is 0 Å². The average molecular weight is 281 g/mol. The van der Waals surface area contributed by atoms with E-state index in [4.69, 9.17) is 11.6 Å². The average Bonchev–Trinajstić information content (AvgIpc) is 2.33. The largest absolute Gasteiger partial charge is 0.288 e. The summed E-state index contributed by atoms with van der Waals surface area (Å²) in [7, 11) is 0. The number of ketones is 1. The van der Waals surface area contributed by atoms with Gasteiger partial charge in [-0.1, -0.05) is 11.6 Å². The van der Waals surface area contributed by atoms with E-state index < -0.39 is 17.4 Å². The van der Waals surface area contributed by atoms with E-state index in [9.17, 15) is 13.6 Å². The molecule has 4 heteroatoms. The molecule has 2 rings (SSSR count). The van der Waals surface area contributed by atoms with Crippen LogP contribution < -0.4 is 0 Å². The van der Waals surface area contributed by atoms with Crippen molar-refractivity contribution in [2.45, 2.75) is 13.8 Å². The van der Waals surface area contributed by atoms with Gasteiger partial charge in [0.1, 0.15) is 11.6 Å². The van der Waals surface area contributed by atoms with Gasteiger partial charge in [0.25, 0.3) is 0 Å². The first kappa shape index (κ1) is 13.7. The highest BCUT2D eigenvalue weighted by Gasteiger charge is 2.17. The Labute approximate surface area is 114 Å². The highest BCUT2D eigenvalue weighted by atomic mass is 35.5. The van der Waals surface area contributed by atoms with Gasteiger partial charge in [-0.05, 0) is 49.2 Å². The molecule has 0 spiro atoms. The van der Waals surface area contributed by atoms with Crippen LogP contribution >= 0.6 is 11.6 Å². The number of carbonyl (C=O) groups is 1. The lowest BCUT2D eigenvalue weighted by atomic mass is 9.97. The number of aryl methyl sites for hydroxylation is 2. The first-order chi connectivity index (χ1) is 8.90. The molecular formula is C15H11ClF2O. The molecule has 0 radical (unpaired) electrons. The molecule has 98 valence electrons. The second kappa shape index (κ2) is 5.10. The van der Waals surface area contributed by atoms with Gasteiger partial charge in [0.15, 0.2) is 5.78 Å². The van der Waals surface area contributed by atoms with Crippen LogP contribution in [0, 0.1) is 25.5 Å². The molecule has 0 N–H and O–H groups in total. The van der Waals surface area contributed by atoms with Crippen LogP contribution in [-0.4, -0.2) is 5.78 Å².